The number of phenols is 1. The smallest absolute Gasteiger partial charge is 0.115 e. The number of phenolic OH excluding ortho intramolecular Hbond substituents is 1. The molecule has 0 amide bonds. The minimum atomic E-state index is 0. The van der Waals surface area contributed by atoms with E-state index in [4.69, 9.17) is 5.11 Å². The molecule has 0 saturated carbocycles. The summed E-state index contributed by atoms with van der Waals surface area (Å²) >= 11 is 3.23. The first-order valence-corrected chi connectivity index (χ1v) is 3.03. The molecule has 0 bridgehead atoms. The molecular weight excluding hydrogens is 187 g/mol. The van der Waals surface area contributed by atoms with Crippen molar-refractivity contribution < 1.29 is 9.81 Å². The van der Waals surface area contributed by atoms with Gasteiger partial charge in [0, 0.05) is 4.47 Å². The van der Waals surface area contributed by atoms with Gasteiger partial charge in [0.1, 0.15) is 5.75 Å². The first-order valence-electron chi connectivity index (χ1n) is 2.23. The maximum Gasteiger partial charge on any atom is 0.115 e. The highest BCUT2D eigenvalue weighted by atomic mass is 79.9. The Balaban J connectivity index is 0.000000640. The molecule has 1 aromatic rings. The molecule has 0 aliphatic rings. The van der Waals surface area contributed by atoms with E-state index in [0.717, 1.165) is 4.47 Å². The van der Waals surface area contributed by atoms with Crippen LogP contribution in [0.4, 0.5) is 4.70 Å². The Morgan fingerprint density at radius 1 is 1.11 bits per heavy atom. The van der Waals surface area contributed by atoms with Gasteiger partial charge >= 0.3 is 0 Å². The van der Waals surface area contributed by atoms with Crippen LogP contribution in [0.2, 0.25) is 0 Å². The Bertz CT molecular complexity index is 152. The molecule has 1 nitrogen and oxygen atoms in total. The molecule has 1 aromatic carbocycles. The summed E-state index contributed by atoms with van der Waals surface area (Å²) in [4.78, 5) is 0. The van der Waals surface area contributed by atoms with E-state index in [-0.39, 0.29) is 4.70 Å². The van der Waals surface area contributed by atoms with E-state index in [9.17, 15) is 0 Å². The third-order valence-electron chi connectivity index (χ3n) is 0.827. The first-order chi connectivity index (χ1) is 3.79. The average Bonchev–Trinajstić information content (AvgIpc) is 1.77. The lowest BCUT2D eigenvalue weighted by atomic mass is 10.3. The second-order valence-electron chi connectivity index (χ2n) is 1.48. The van der Waals surface area contributed by atoms with Crippen LogP contribution in [0.5, 0.6) is 5.75 Å². The van der Waals surface area contributed by atoms with Crippen molar-refractivity contribution in [1.82, 2.24) is 0 Å². The van der Waals surface area contributed by atoms with Crippen LogP contribution < -0.4 is 0 Å². The zero-order valence-electron chi connectivity index (χ0n) is 4.54. The van der Waals surface area contributed by atoms with Crippen molar-refractivity contribution >= 4 is 15.9 Å². The molecular formula is C6H6BrFO. The van der Waals surface area contributed by atoms with Gasteiger partial charge in [-0.2, -0.15) is 0 Å². The number of halogens is 2. The van der Waals surface area contributed by atoms with Gasteiger partial charge in [0.15, 0.2) is 0 Å². The van der Waals surface area contributed by atoms with Crippen LogP contribution >= 0.6 is 15.9 Å². The van der Waals surface area contributed by atoms with Crippen molar-refractivity contribution in [2.45, 2.75) is 0 Å². The van der Waals surface area contributed by atoms with Gasteiger partial charge in [0.25, 0.3) is 0 Å². The Kier molecular flexibility index (Phi) is 3.24. The van der Waals surface area contributed by atoms with Crippen molar-refractivity contribution in [2.24, 2.45) is 0 Å². The molecule has 1 rings (SSSR count). The second-order valence-corrected chi connectivity index (χ2v) is 2.39. The van der Waals surface area contributed by atoms with Gasteiger partial charge in [-0.15, -0.1) is 0 Å². The SMILES string of the molecule is F.Oc1ccc(Br)cc1. The normalized spacial score (nSPS) is 8.11. The van der Waals surface area contributed by atoms with Crippen LogP contribution in [0.3, 0.4) is 0 Å². The summed E-state index contributed by atoms with van der Waals surface area (Å²) in [5.41, 5.74) is 0. The van der Waals surface area contributed by atoms with E-state index in [1.807, 2.05) is 0 Å². The molecule has 0 aliphatic heterocycles. The largest absolute Gasteiger partial charge is 0.508 e. The van der Waals surface area contributed by atoms with Crippen molar-refractivity contribution in [2.75, 3.05) is 0 Å². The maximum atomic E-state index is 8.74. The quantitative estimate of drug-likeness (QED) is 0.670. The van der Waals surface area contributed by atoms with E-state index in [1.165, 1.54) is 0 Å². The number of benzene rings is 1. The van der Waals surface area contributed by atoms with Crippen LogP contribution in [-0.4, -0.2) is 5.11 Å². The van der Waals surface area contributed by atoms with Crippen LogP contribution in [-0.2, 0) is 0 Å². The van der Waals surface area contributed by atoms with Gasteiger partial charge in [-0.05, 0) is 24.3 Å². The molecule has 0 heterocycles. The van der Waals surface area contributed by atoms with E-state index < -0.39 is 0 Å². The average molecular weight is 193 g/mol. The van der Waals surface area contributed by atoms with E-state index in [2.05, 4.69) is 15.9 Å². The number of hydrogen-bond donors (Lipinski definition) is 1. The second kappa shape index (κ2) is 3.45. The zero-order chi connectivity index (χ0) is 5.98. The predicted molar refractivity (Wildman–Crippen MR) is 38.3 cm³/mol. The summed E-state index contributed by atoms with van der Waals surface area (Å²) in [6.07, 6.45) is 0. The molecule has 1 N–H and O–H groups in total. The molecule has 0 aliphatic carbocycles. The highest BCUT2D eigenvalue weighted by Gasteiger charge is 1.83. The molecule has 0 radical (unpaired) electrons. The number of rotatable bonds is 0. The van der Waals surface area contributed by atoms with Crippen molar-refractivity contribution in [3.8, 4) is 5.75 Å². The van der Waals surface area contributed by atoms with Crippen LogP contribution in [0.1, 0.15) is 0 Å². The van der Waals surface area contributed by atoms with Gasteiger partial charge in [0.2, 0.25) is 0 Å². The molecule has 0 unspecified atom stereocenters. The van der Waals surface area contributed by atoms with Crippen molar-refractivity contribution in [3.05, 3.63) is 28.7 Å². The van der Waals surface area contributed by atoms with E-state index >= 15 is 0 Å². The molecule has 3 heteroatoms. The molecule has 0 atom stereocenters. The fourth-order valence-electron chi connectivity index (χ4n) is 0.441. The summed E-state index contributed by atoms with van der Waals surface area (Å²) in [6.45, 7) is 0. The lowest BCUT2D eigenvalue weighted by molar-refractivity contribution is 0.475. The van der Waals surface area contributed by atoms with E-state index in [1.54, 1.807) is 24.3 Å². The fraction of sp³-hybridized carbons (Fsp3) is 0. The molecule has 0 saturated heterocycles. The molecule has 50 valence electrons. The minimum Gasteiger partial charge on any atom is -0.508 e. The lowest BCUT2D eigenvalue weighted by Crippen LogP contribution is -1.61. The number of hydrogen-bond acceptors (Lipinski definition) is 1. The van der Waals surface area contributed by atoms with Gasteiger partial charge in [-0.3, -0.25) is 4.70 Å². The van der Waals surface area contributed by atoms with Crippen molar-refractivity contribution in [1.29, 1.82) is 0 Å². The lowest BCUT2D eigenvalue weighted by Gasteiger charge is -1.87. The summed E-state index contributed by atoms with van der Waals surface area (Å²) in [5.74, 6) is 0.299. The maximum absolute atomic E-state index is 8.74. The topological polar surface area (TPSA) is 20.2 Å². The summed E-state index contributed by atoms with van der Waals surface area (Å²) in [5, 5.41) is 8.74. The van der Waals surface area contributed by atoms with Gasteiger partial charge in [-0.1, -0.05) is 15.9 Å². The highest BCUT2D eigenvalue weighted by Crippen LogP contribution is 2.13. The Hall–Kier alpha value is -0.570. The fourth-order valence-corrected chi connectivity index (χ4v) is 0.705. The van der Waals surface area contributed by atoms with Crippen LogP contribution in [0, 0.1) is 0 Å². The third-order valence-corrected chi connectivity index (χ3v) is 1.36. The molecule has 9 heavy (non-hydrogen) atoms. The van der Waals surface area contributed by atoms with E-state index in [0.29, 0.717) is 5.75 Å². The van der Waals surface area contributed by atoms with Gasteiger partial charge < -0.3 is 5.11 Å². The van der Waals surface area contributed by atoms with Crippen LogP contribution in [0.25, 0.3) is 0 Å². The molecule has 0 spiro atoms. The predicted octanol–water partition coefficient (Wildman–Crippen LogP) is 2.31. The van der Waals surface area contributed by atoms with Crippen LogP contribution in [0.15, 0.2) is 28.7 Å². The monoisotopic (exact) mass is 192 g/mol. The minimum absolute atomic E-state index is 0. The molecule has 0 fully saturated rings. The molecule has 0 aromatic heterocycles. The number of aromatic hydroxyl groups is 1. The Morgan fingerprint density at radius 2 is 1.56 bits per heavy atom. The first kappa shape index (κ1) is 8.43. The van der Waals surface area contributed by atoms with Gasteiger partial charge in [-0.25, -0.2) is 0 Å². The highest BCUT2D eigenvalue weighted by molar-refractivity contribution is 9.10. The summed E-state index contributed by atoms with van der Waals surface area (Å²) in [7, 11) is 0. The standard InChI is InChI=1S/C6H5BrO.FH/c7-5-1-3-6(8)4-2-5;/h1-4,8H;1H. The summed E-state index contributed by atoms with van der Waals surface area (Å²) in [6, 6.07) is 6.83. The van der Waals surface area contributed by atoms with Gasteiger partial charge in [0.05, 0.1) is 0 Å². The Morgan fingerprint density at radius 3 is 1.89 bits per heavy atom. The Labute approximate surface area is 60.8 Å². The summed E-state index contributed by atoms with van der Waals surface area (Å²) < 4.78 is 0.982. The zero-order valence-corrected chi connectivity index (χ0v) is 6.13. The third kappa shape index (κ3) is 2.46. The van der Waals surface area contributed by atoms with Crippen molar-refractivity contribution in [3.63, 3.8) is 0 Å².